The van der Waals surface area contributed by atoms with Gasteiger partial charge in [-0.2, -0.15) is 13.2 Å². The van der Waals surface area contributed by atoms with Gasteiger partial charge in [-0.15, -0.1) is 0 Å². The van der Waals surface area contributed by atoms with Crippen LogP contribution < -0.4 is 5.73 Å². The van der Waals surface area contributed by atoms with Gasteiger partial charge in [-0.25, -0.2) is 0 Å². The van der Waals surface area contributed by atoms with Crippen molar-refractivity contribution in [3.05, 3.63) is 46.6 Å². The monoisotopic (exact) mass is 319 g/mol. The summed E-state index contributed by atoms with van der Waals surface area (Å²) in [7, 11) is 0. The van der Waals surface area contributed by atoms with Crippen LogP contribution in [0.15, 0.2) is 46.6 Å². The quantitative estimate of drug-likeness (QED) is 0.601. The number of alkyl halides is 3. The van der Waals surface area contributed by atoms with Gasteiger partial charge in [0.25, 0.3) is 0 Å². The van der Waals surface area contributed by atoms with Crippen LogP contribution in [0, 0.1) is 0 Å². The molecule has 0 saturated carbocycles. The van der Waals surface area contributed by atoms with E-state index in [1.807, 2.05) is 53.7 Å². The van der Waals surface area contributed by atoms with Gasteiger partial charge in [-0.05, 0) is 44.4 Å². The normalized spacial score (nSPS) is 13.8. The van der Waals surface area contributed by atoms with Crippen molar-refractivity contribution in [1.82, 2.24) is 0 Å². The van der Waals surface area contributed by atoms with Gasteiger partial charge in [0.15, 0.2) is 0 Å². The molecule has 2 N–H and O–H groups in total. The van der Waals surface area contributed by atoms with E-state index in [1.165, 1.54) is 6.08 Å². The Morgan fingerprint density at radius 1 is 0.909 bits per heavy atom. The highest BCUT2D eigenvalue weighted by molar-refractivity contribution is 5.37. The molecule has 0 heterocycles. The van der Waals surface area contributed by atoms with Crippen LogP contribution in [-0.2, 0) is 0 Å². The molecule has 0 fully saturated rings. The summed E-state index contributed by atoms with van der Waals surface area (Å²) >= 11 is 0. The zero-order valence-corrected chi connectivity index (χ0v) is 15.2. The maximum absolute atomic E-state index is 12.3. The highest BCUT2D eigenvalue weighted by Crippen LogP contribution is 2.25. The predicted octanol–water partition coefficient (Wildman–Crippen LogP) is 6.35. The first-order valence-electron chi connectivity index (χ1n) is 7.68. The SMILES string of the molecule is CC.CC.C\C=C(/C=C(C)/C(C)=C/C=C(\C)C(F)(F)F)CN. The summed E-state index contributed by atoms with van der Waals surface area (Å²) in [5, 5.41) is 0. The van der Waals surface area contributed by atoms with Gasteiger partial charge in [0.05, 0.1) is 0 Å². The van der Waals surface area contributed by atoms with E-state index in [2.05, 4.69) is 0 Å². The van der Waals surface area contributed by atoms with Crippen LogP contribution in [0.1, 0.15) is 55.4 Å². The van der Waals surface area contributed by atoms with Crippen LogP contribution in [0.2, 0.25) is 0 Å². The zero-order chi connectivity index (χ0) is 18.3. The van der Waals surface area contributed by atoms with E-state index in [-0.39, 0.29) is 0 Å². The van der Waals surface area contributed by atoms with E-state index in [0.717, 1.165) is 29.7 Å². The summed E-state index contributed by atoms with van der Waals surface area (Å²) in [6.07, 6.45) is 2.05. The predicted molar refractivity (Wildman–Crippen MR) is 92.8 cm³/mol. The minimum atomic E-state index is -4.26. The second-order valence-corrected chi connectivity index (χ2v) is 4.09. The lowest BCUT2D eigenvalue weighted by molar-refractivity contribution is -0.0912. The molecule has 0 atom stereocenters. The van der Waals surface area contributed by atoms with Crippen molar-refractivity contribution >= 4 is 0 Å². The first-order chi connectivity index (χ1) is 10.2. The molecule has 0 aromatic heterocycles. The van der Waals surface area contributed by atoms with Crippen molar-refractivity contribution in [1.29, 1.82) is 0 Å². The van der Waals surface area contributed by atoms with Crippen molar-refractivity contribution in [2.45, 2.75) is 61.6 Å². The molecule has 130 valence electrons. The molecule has 0 aliphatic rings. The Morgan fingerprint density at radius 3 is 1.68 bits per heavy atom. The van der Waals surface area contributed by atoms with Gasteiger partial charge in [-0.1, -0.05) is 52.0 Å². The highest BCUT2D eigenvalue weighted by atomic mass is 19.4. The number of hydrogen-bond acceptors (Lipinski definition) is 1. The van der Waals surface area contributed by atoms with E-state index in [1.54, 1.807) is 6.92 Å². The summed E-state index contributed by atoms with van der Waals surface area (Å²) in [6.45, 7) is 15.0. The van der Waals surface area contributed by atoms with Crippen molar-refractivity contribution in [3.8, 4) is 0 Å². The van der Waals surface area contributed by atoms with Crippen LogP contribution >= 0.6 is 0 Å². The van der Waals surface area contributed by atoms with Crippen LogP contribution in [0.3, 0.4) is 0 Å². The minimum Gasteiger partial charge on any atom is -0.327 e. The van der Waals surface area contributed by atoms with Gasteiger partial charge < -0.3 is 5.73 Å². The molecule has 0 saturated heterocycles. The number of halogens is 3. The van der Waals surface area contributed by atoms with Crippen molar-refractivity contribution in [2.75, 3.05) is 6.54 Å². The Bertz CT molecular complexity index is 397. The minimum absolute atomic E-state index is 0.415. The summed E-state index contributed by atoms with van der Waals surface area (Å²) in [4.78, 5) is 0. The maximum Gasteiger partial charge on any atom is 0.412 e. The summed E-state index contributed by atoms with van der Waals surface area (Å²) < 4.78 is 36.8. The highest BCUT2D eigenvalue weighted by Gasteiger charge is 2.29. The molecule has 22 heavy (non-hydrogen) atoms. The lowest BCUT2D eigenvalue weighted by Gasteiger charge is -2.06. The van der Waals surface area contributed by atoms with E-state index < -0.39 is 11.7 Å². The molecular formula is C18H32F3N. The third kappa shape index (κ3) is 12.5. The van der Waals surface area contributed by atoms with Crippen molar-refractivity contribution in [2.24, 2.45) is 5.73 Å². The average Bonchev–Trinajstić information content (AvgIpc) is 2.52. The lowest BCUT2D eigenvalue weighted by atomic mass is 10.0. The molecule has 0 aliphatic carbocycles. The van der Waals surface area contributed by atoms with Crippen LogP contribution in [-0.4, -0.2) is 12.7 Å². The van der Waals surface area contributed by atoms with Crippen molar-refractivity contribution in [3.63, 3.8) is 0 Å². The molecule has 0 amide bonds. The number of rotatable bonds is 4. The summed E-state index contributed by atoms with van der Waals surface area (Å²) in [5.74, 6) is 0. The fraction of sp³-hybridized carbons (Fsp3) is 0.556. The third-order valence-electron chi connectivity index (χ3n) is 2.66. The maximum atomic E-state index is 12.3. The molecule has 4 heteroatoms. The van der Waals surface area contributed by atoms with Gasteiger partial charge >= 0.3 is 6.18 Å². The molecule has 0 radical (unpaired) electrons. The molecule has 1 nitrogen and oxygen atoms in total. The fourth-order valence-electron chi connectivity index (χ4n) is 1.13. The van der Waals surface area contributed by atoms with Gasteiger partial charge in [-0.3, -0.25) is 0 Å². The second kappa shape index (κ2) is 14.6. The zero-order valence-electron chi connectivity index (χ0n) is 15.2. The largest absolute Gasteiger partial charge is 0.412 e. The third-order valence-corrected chi connectivity index (χ3v) is 2.66. The smallest absolute Gasteiger partial charge is 0.327 e. The van der Waals surface area contributed by atoms with Gasteiger partial charge in [0.1, 0.15) is 0 Å². The van der Waals surface area contributed by atoms with Crippen LogP contribution in [0.5, 0.6) is 0 Å². The van der Waals surface area contributed by atoms with Gasteiger partial charge in [0, 0.05) is 12.1 Å². The number of hydrogen-bond donors (Lipinski definition) is 1. The topological polar surface area (TPSA) is 26.0 Å². The Hall–Kier alpha value is -1.29. The average molecular weight is 319 g/mol. The Balaban J connectivity index is -0.000000826. The molecule has 0 bridgehead atoms. The molecule has 0 aromatic rings. The van der Waals surface area contributed by atoms with Crippen molar-refractivity contribution < 1.29 is 13.2 Å². The van der Waals surface area contributed by atoms with E-state index in [9.17, 15) is 13.2 Å². The molecule has 0 aromatic carbocycles. The first-order valence-corrected chi connectivity index (χ1v) is 7.68. The number of allylic oxidation sites excluding steroid dienone is 6. The Labute approximate surface area is 134 Å². The first kappa shape index (κ1) is 25.7. The van der Waals surface area contributed by atoms with Gasteiger partial charge in [0.2, 0.25) is 0 Å². The molecule has 0 spiro atoms. The molecular weight excluding hydrogens is 287 g/mol. The standard InChI is InChI=1S/C14H20F3N.2C2H6/c1-5-13(9-18)8-11(3)10(2)6-7-12(4)14(15,16)17;2*1-2/h5-8H,9,18H2,1-4H3;2*1-2H3/b10-6+,11-8+,12-7+,13-5+;;. The van der Waals surface area contributed by atoms with E-state index in [0.29, 0.717) is 6.54 Å². The van der Waals surface area contributed by atoms with Crippen LogP contribution in [0.25, 0.3) is 0 Å². The summed E-state index contributed by atoms with van der Waals surface area (Å²) in [5.41, 5.74) is 7.55. The van der Waals surface area contributed by atoms with E-state index in [4.69, 9.17) is 5.73 Å². The Morgan fingerprint density at radius 2 is 1.36 bits per heavy atom. The molecule has 0 rings (SSSR count). The fourth-order valence-corrected chi connectivity index (χ4v) is 1.13. The van der Waals surface area contributed by atoms with E-state index >= 15 is 0 Å². The van der Waals surface area contributed by atoms with Crippen LogP contribution in [0.4, 0.5) is 13.2 Å². The second-order valence-electron chi connectivity index (χ2n) is 4.09. The lowest BCUT2D eigenvalue weighted by Crippen LogP contribution is -2.08. The molecule has 0 aliphatic heterocycles. The molecule has 0 unspecified atom stereocenters. The Kier molecular flexibility index (Phi) is 17.1. The summed E-state index contributed by atoms with van der Waals surface area (Å²) in [6, 6.07) is 0. The number of nitrogens with two attached hydrogens (primary N) is 1.